The summed E-state index contributed by atoms with van der Waals surface area (Å²) in [7, 11) is 1.61. The second-order valence-corrected chi connectivity index (χ2v) is 8.34. The normalized spacial score (nSPS) is 11.3. The lowest BCUT2D eigenvalue weighted by Gasteiger charge is -2.02. The molecule has 0 unspecified atom stereocenters. The van der Waals surface area contributed by atoms with Crippen LogP contribution in [0.3, 0.4) is 0 Å². The van der Waals surface area contributed by atoms with Crippen LogP contribution >= 0.6 is 23.2 Å². The van der Waals surface area contributed by atoms with Crippen molar-refractivity contribution in [2.45, 2.75) is 0 Å². The zero-order valence-corrected chi connectivity index (χ0v) is 19.9. The van der Waals surface area contributed by atoms with E-state index in [9.17, 15) is 4.79 Å². The maximum absolute atomic E-state index is 12.5. The minimum atomic E-state index is -0.318. The van der Waals surface area contributed by atoms with Crippen molar-refractivity contribution >= 4 is 52.0 Å². The molecule has 0 radical (unpaired) electrons. The number of halogens is 2. The summed E-state index contributed by atoms with van der Waals surface area (Å²) in [5, 5.41) is 3.67. The van der Waals surface area contributed by atoms with Gasteiger partial charge in [0.25, 0.3) is 0 Å². The Balaban J connectivity index is 1.28. The monoisotopic (exact) mass is 504 g/mol. The predicted molar refractivity (Wildman–Crippen MR) is 138 cm³/mol. The number of nitrogens with zero attached hydrogens (tertiary/aromatic N) is 1. The molecule has 1 amide bonds. The first-order valence-electron chi connectivity index (χ1n) is 10.6. The highest BCUT2D eigenvalue weighted by Crippen LogP contribution is 2.34. The number of rotatable bonds is 6. The largest absolute Gasteiger partial charge is 0.497 e. The molecule has 0 aliphatic carbocycles. The van der Waals surface area contributed by atoms with Crippen molar-refractivity contribution in [1.29, 1.82) is 0 Å². The maximum atomic E-state index is 12.5. The summed E-state index contributed by atoms with van der Waals surface area (Å²) in [5.41, 5.74) is 3.34. The molecule has 0 aliphatic heterocycles. The van der Waals surface area contributed by atoms with Crippen LogP contribution in [0.15, 0.2) is 87.7 Å². The van der Waals surface area contributed by atoms with Gasteiger partial charge < -0.3 is 18.9 Å². The minimum Gasteiger partial charge on any atom is -0.497 e. The highest BCUT2D eigenvalue weighted by atomic mass is 35.5. The molecule has 2 aromatic heterocycles. The van der Waals surface area contributed by atoms with E-state index < -0.39 is 0 Å². The summed E-state index contributed by atoms with van der Waals surface area (Å²) in [4.78, 5) is 17.0. The highest BCUT2D eigenvalue weighted by Gasteiger charge is 2.12. The Morgan fingerprint density at radius 3 is 2.63 bits per heavy atom. The Kier molecular flexibility index (Phi) is 6.31. The average Bonchev–Trinajstić information content (AvgIpc) is 3.51. The average molecular weight is 505 g/mol. The van der Waals surface area contributed by atoms with Crippen LogP contribution in [0.2, 0.25) is 10.0 Å². The number of amides is 1. The molecule has 8 heteroatoms. The first-order chi connectivity index (χ1) is 17.0. The number of carbonyl (C=O) groups excluding carboxylic acids is 1. The third-order valence-corrected chi connectivity index (χ3v) is 6.05. The van der Waals surface area contributed by atoms with Gasteiger partial charge in [0.15, 0.2) is 5.58 Å². The third-order valence-electron chi connectivity index (χ3n) is 5.23. The summed E-state index contributed by atoms with van der Waals surface area (Å²) in [6, 6.07) is 21.5. The summed E-state index contributed by atoms with van der Waals surface area (Å²) < 4.78 is 16.8. The summed E-state index contributed by atoms with van der Waals surface area (Å²) in [5.74, 6) is 1.98. The van der Waals surface area contributed by atoms with Gasteiger partial charge in [-0.3, -0.25) is 4.79 Å². The predicted octanol–water partition coefficient (Wildman–Crippen LogP) is 7.72. The number of methoxy groups -OCH3 is 1. The molecule has 174 valence electrons. The van der Waals surface area contributed by atoms with E-state index in [1.165, 1.54) is 6.08 Å². The van der Waals surface area contributed by atoms with Crippen molar-refractivity contribution in [2.75, 3.05) is 12.4 Å². The van der Waals surface area contributed by atoms with Crippen molar-refractivity contribution in [2.24, 2.45) is 0 Å². The lowest BCUT2D eigenvalue weighted by Crippen LogP contribution is -2.07. The molecule has 0 bridgehead atoms. The summed E-state index contributed by atoms with van der Waals surface area (Å²) in [6.07, 6.45) is 2.96. The van der Waals surface area contributed by atoms with Crippen LogP contribution in [0.25, 0.3) is 40.0 Å². The second-order valence-electron chi connectivity index (χ2n) is 7.56. The number of nitrogens with one attached hydrogen (secondary N) is 1. The van der Waals surface area contributed by atoms with Crippen molar-refractivity contribution in [3.63, 3.8) is 0 Å². The Morgan fingerprint density at radius 1 is 1.00 bits per heavy atom. The lowest BCUT2D eigenvalue weighted by atomic mass is 10.2. The van der Waals surface area contributed by atoms with Crippen LogP contribution < -0.4 is 10.1 Å². The first kappa shape index (κ1) is 22.8. The quantitative estimate of drug-likeness (QED) is 0.239. The number of aromatic nitrogens is 1. The topological polar surface area (TPSA) is 77.5 Å². The van der Waals surface area contributed by atoms with Gasteiger partial charge in [0, 0.05) is 22.9 Å². The smallest absolute Gasteiger partial charge is 0.248 e. The zero-order chi connectivity index (χ0) is 24.4. The fourth-order valence-electron chi connectivity index (χ4n) is 3.49. The van der Waals surface area contributed by atoms with E-state index in [-0.39, 0.29) is 5.91 Å². The molecule has 2 heterocycles. The van der Waals surface area contributed by atoms with Gasteiger partial charge in [-0.25, -0.2) is 4.98 Å². The van der Waals surface area contributed by atoms with Gasteiger partial charge in [0.2, 0.25) is 11.8 Å². The van der Waals surface area contributed by atoms with Gasteiger partial charge in [-0.1, -0.05) is 29.3 Å². The summed E-state index contributed by atoms with van der Waals surface area (Å²) in [6.45, 7) is 0. The van der Waals surface area contributed by atoms with Crippen molar-refractivity contribution < 1.29 is 18.4 Å². The van der Waals surface area contributed by atoms with Crippen LogP contribution in [-0.4, -0.2) is 18.0 Å². The van der Waals surface area contributed by atoms with Crippen LogP contribution in [0.1, 0.15) is 5.76 Å². The molecule has 0 saturated heterocycles. The SMILES string of the molecule is COc1ccc(-c2nc3cc(NC(=O)C=Cc4ccc(-c5cccc(Cl)c5Cl)o4)ccc3o2)cc1. The van der Waals surface area contributed by atoms with Gasteiger partial charge in [-0.05, 0) is 72.8 Å². The number of carbonyl (C=O) groups is 1. The molecule has 0 spiro atoms. The van der Waals surface area contributed by atoms with E-state index in [2.05, 4.69) is 10.3 Å². The Hall–Kier alpha value is -4.00. The maximum Gasteiger partial charge on any atom is 0.248 e. The fourth-order valence-corrected chi connectivity index (χ4v) is 3.88. The first-order valence-corrected chi connectivity index (χ1v) is 11.3. The van der Waals surface area contributed by atoms with Gasteiger partial charge in [-0.2, -0.15) is 0 Å². The van der Waals surface area contributed by atoms with Crippen LogP contribution in [0.5, 0.6) is 5.75 Å². The molecular weight excluding hydrogens is 487 g/mol. The molecule has 3 aromatic carbocycles. The van der Waals surface area contributed by atoms with E-state index in [0.29, 0.717) is 49.8 Å². The van der Waals surface area contributed by atoms with Gasteiger partial charge >= 0.3 is 0 Å². The number of benzene rings is 3. The van der Waals surface area contributed by atoms with Crippen molar-refractivity contribution in [3.8, 4) is 28.5 Å². The Labute approximate surface area is 210 Å². The van der Waals surface area contributed by atoms with E-state index in [1.54, 1.807) is 55.7 Å². The number of hydrogen-bond donors (Lipinski definition) is 1. The van der Waals surface area contributed by atoms with E-state index in [1.807, 2.05) is 30.3 Å². The molecule has 35 heavy (non-hydrogen) atoms. The number of anilines is 1. The van der Waals surface area contributed by atoms with Crippen molar-refractivity contribution in [1.82, 2.24) is 4.98 Å². The van der Waals surface area contributed by atoms with Crippen molar-refractivity contribution in [3.05, 3.63) is 94.7 Å². The summed E-state index contributed by atoms with van der Waals surface area (Å²) >= 11 is 12.3. The molecule has 1 N–H and O–H groups in total. The van der Waals surface area contributed by atoms with Crippen LogP contribution in [0, 0.1) is 0 Å². The Morgan fingerprint density at radius 2 is 1.83 bits per heavy atom. The standard InChI is InChI=1S/C27H18Cl2N2O4/c1-33-18-8-5-16(6-9-18)27-31-22-15-17(7-12-24(22)35-27)30-25(32)14-11-19-10-13-23(34-19)20-3-2-4-21(28)26(20)29/h2-15H,1H3,(H,30,32). The highest BCUT2D eigenvalue weighted by molar-refractivity contribution is 6.43. The number of furan rings is 1. The van der Waals surface area contributed by atoms with E-state index >= 15 is 0 Å². The molecule has 5 rings (SSSR count). The zero-order valence-electron chi connectivity index (χ0n) is 18.4. The number of hydrogen-bond acceptors (Lipinski definition) is 5. The van der Waals surface area contributed by atoms with Gasteiger partial charge in [0.1, 0.15) is 22.8 Å². The molecule has 5 aromatic rings. The van der Waals surface area contributed by atoms with Gasteiger partial charge in [0.05, 0.1) is 17.2 Å². The minimum absolute atomic E-state index is 0.318. The lowest BCUT2D eigenvalue weighted by molar-refractivity contribution is -0.111. The van der Waals surface area contributed by atoms with Crippen LogP contribution in [-0.2, 0) is 4.79 Å². The number of ether oxygens (including phenoxy) is 1. The van der Waals surface area contributed by atoms with E-state index in [0.717, 1.165) is 11.3 Å². The second kappa shape index (κ2) is 9.70. The van der Waals surface area contributed by atoms with Gasteiger partial charge in [-0.15, -0.1) is 0 Å². The third kappa shape index (κ3) is 4.94. The number of fused-ring (bicyclic) bond motifs is 1. The van der Waals surface area contributed by atoms with E-state index in [4.69, 9.17) is 36.8 Å². The molecule has 0 aliphatic rings. The molecule has 0 saturated carbocycles. The fraction of sp³-hybridized carbons (Fsp3) is 0.0370. The van der Waals surface area contributed by atoms with Crippen LogP contribution in [0.4, 0.5) is 5.69 Å². The molecule has 0 atom stereocenters. The molecule has 0 fully saturated rings. The Bertz CT molecular complexity index is 1550. The number of oxazole rings is 1. The molecular formula is C27H18Cl2N2O4. The molecule has 6 nitrogen and oxygen atoms in total.